The number of rotatable bonds is 5. The van der Waals surface area contributed by atoms with Gasteiger partial charge in [0.15, 0.2) is 0 Å². The summed E-state index contributed by atoms with van der Waals surface area (Å²) in [4.78, 5) is 10.5. The Hall–Kier alpha value is -1.98. The monoisotopic (exact) mass is 327 g/mol. The summed E-state index contributed by atoms with van der Waals surface area (Å²) in [6, 6.07) is 9.25. The van der Waals surface area contributed by atoms with Crippen LogP contribution >= 0.6 is 23.2 Å². The molecular weight excluding hydrogens is 317 g/mol. The lowest BCUT2D eigenvalue weighted by molar-refractivity contribution is -0.385. The van der Waals surface area contributed by atoms with Crippen molar-refractivity contribution in [1.29, 1.82) is 0 Å². The van der Waals surface area contributed by atoms with Crippen molar-refractivity contribution in [1.82, 2.24) is 0 Å². The van der Waals surface area contributed by atoms with E-state index in [2.05, 4.69) is 0 Å². The molecule has 0 heterocycles. The molecule has 2 rings (SSSR count). The van der Waals surface area contributed by atoms with Crippen molar-refractivity contribution in [2.24, 2.45) is 0 Å². The van der Waals surface area contributed by atoms with Crippen molar-refractivity contribution in [3.63, 3.8) is 0 Å². The highest BCUT2D eigenvalue weighted by Gasteiger charge is 2.18. The molecule has 5 nitrogen and oxygen atoms in total. The molecule has 2 aromatic carbocycles. The van der Waals surface area contributed by atoms with E-state index in [9.17, 15) is 10.1 Å². The average molecular weight is 328 g/mol. The summed E-state index contributed by atoms with van der Waals surface area (Å²) in [5, 5.41) is 11.5. The smallest absolute Gasteiger partial charge is 0.311 e. The van der Waals surface area contributed by atoms with Gasteiger partial charge < -0.3 is 9.47 Å². The number of nitro benzene ring substituents is 1. The number of hydrogen-bond acceptors (Lipinski definition) is 4. The van der Waals surface area contributed by atoms with Gasteiger partial charge in [-0.2, -0.15) is 0 Å². The number of alkyl halides is 1. The summed E-state index contributed by atoms with van der Waals surface area (Å²) >= 11 is 11.9. The van der Waals surface area contributed by atoms with Crippen LogP contribution in [0.25, 0.3) is 0 Å². The third-order valence-corrected chi connectivity index (χ3v) is 3.41. The van der Waals surface area contributed by atoms with Crippen molar-refractivity contribution in [2.45, 2.75) is 5.88 Å². The van der Waals surface area contributed by atoms with Crippen LogP contribution in [0.5, 0.6) is 17.2 Å². The van der Waals surface area contributed by atoms with Gasteiger partial charge in [-0.05, 0) is 18.2 Å². The predicted octanol–water partition coefficient (Wildman–Crippen LogP) is 4.79. The number of halogens is 2. The average Bonchev–Trinajstić information content (AvgIpc) is 2.47. The van der Waals surface area contributed by atoms with Crippen molar-refractivity contribution < 1.29 is 14.4 Å². The molecule has 0 N–H and O–H groups in total. The van der Waals surface area contributed by atoms with Gasteiger partial charge in [-0.3, -0.25) is 10.1 Å². The Morgan fingerprint density at radius 1 is 1.24 bits per heavy atom. The number of hydrogen-bond donors (Lipinski definition) is 0. The molecule has 0 fully saturated rings. The molecule has 0 amide bonds. The first kappa shape index (κ1) is 15.4. The van der Waals surface area contributed by atoms with Crippen molar-refractivity contribution in [2.75, 3.05) is 7.11 Å². The molecule has 0 spiro atoms. The zero-order chi connectivity index (χ0) is 15.4. The largest absolute Gasteiger partial charge is 0.497 e. The topological polar surface area (TPSA) is 61.6 Å². The molecule has 0 bridgehead atoms. The van der Waals surface area contributed by atoms with E-state index in [1.807, 2.05) is 0 Å². The number of nitrogens with zero attached hydrogens (tertiary/aromatic N) is 1. The van der Waals surface area contributed by atoms with Gasteiger partial charge in [-0.1, -0.05) is 17.7 Å². The Balaban J connectivity index is 2.48. The maximum atomic E-state index is 11.1. The van der Waals surface area contributed by atoms with Gasteiger partial charge in [0, 0.05) is 22.7 Å². The summed E-state index contributed by atoms with van der Waals surface area (Å²) in [7, 11) is 1.47. The van der Waals surface area contributed by atoms with Gasteiger partial charge in [0.2, 0.25) is 5.75 Å². The van der Waals surface area contributed by atoms with Gasteiger partial charge in [0.1, 0.15) is 11.5 Å². The second-order valence-electron chi connectivity index (χ2n) is 4.04. The summed E-state index contributed by atoms with van der Waals surface area (Å²) in [6.07, 6.45) is 0. The maximum Gasteiger partial charge on any atom is 0.311 e. The second kappa shape index (κ2) is 6.65. The summed E-state index contributed by atoms with van der Waals surface area (Å²) in [5.74, 6) is 1.01. The molecule has 0 aliphatic carbocycles. The van der Waals surface area contributed by atoms with Crippen molar-refractivity contribution in [3.05, 3.63) is 57.1 Å². The lowest BCUT2D eigenvalue weighted by Crippen LogP contribution is -1.96. The fourth-order valence-electron chi connectivity index (χ4n) is 1.74. The third kappa shape index (κ3) is 3.37. The third-order valence-electron chi connectivity index (χ3n) is 2.79. The molecule has 0 saturated heterocycles. The fourth-order valence-corrected chi connectivity index (χ4v) is 2.31. The Morgan fingerprint density at radius 2 is 2.00 bits per heavy atom. The first-order valence-electron chi connectivity index (χ1n) is 5.90. The Labute approximate surface area is 131 Å². The Morgan fingerprint density at radius 3 is 2.62 bits per heavy atom. The van der Waals surface area contributed by atoms with E-state index in [0.29, 0.717) is 22.1 Å². The van der Waals surface area contributed by atoms with Crippen LogP contribution in [0.4, 0.5) is 5.69 Å². The van der Waals surface area contributed by atoms with Crippen LogP contribution in [-0.2, 0) is 5.88 Å². The minimum Gasteiger partial charge on any atom is -0.497 e. The van der Waals surface area contributed by atoms with Crippen LogP contribution in [0.15, 0.2) is 36.4 Å². The van der Waals surface area contributed by atoms with Gasteiger partial charge >= 0.3 is 5.69 Å². The number of ether oxygens (including phenoxy) is 2. The lowest BCUT2D eigenvalue weighted by Gasteiger charge is -2.11. The number of methoxy groups -OCH3 is 1. The zero-order valence-corrected chi connectivity index (χ0v) is 12.5. The van der Waals surface area contributed by atoms with Crippen LogP contribution in [-0.4, -0.2) is 12.0 Å². The standard InChI is InChI=1S/C14H11Cl2NO4/c1-20-9-5-6-12(17(18)19)14(7-9)21-13-4-2-3-11(16)10(13)8-15/h2-7H,8H2,1H3. The van der Waals surface area contributed by atoms with Gasteiger partial charge in [0.25, 0.3) is 0 Å². The van der Waals surface area contributed by atoms with Crippen LogP contribution in [0.1, 0.15) is 5.56 Å². The van der Waals surface area contributed by atoms with E-state index in [4.69, 9.17) is 32.7 Å². The van der Waals surface area contributed by atoms with E-state index in [-0.39, 0.29) is 17.3 Å². The molecule has 110 valence electrons. The fraction of sp³-hybridized carbons (Fsp3) is 0.143. The quantitative estimate of drug-likeness (QED) is 0.450. The minimum atomic E-state index is -0.528. The van der Waals surface area contributed by atoms with E-state index in [1.165, 1.54) is 25.3 Å². The molecule has 2 aromatic rings. The van der Waals surface area contributed by atoms with E-state index in [0.717, 1.165) is 0 Å². The molecule has 0 atom stereocenters. The zero-order valence-electron chi connectivity index (χ0n) is 11.0. The van der Waals surface area contributed by atoms with E-state index in [1.54, 1.807) is 18.2 Å². The maximum absolute atomic E-state index is 11.1. The Kier molecular flexibility index (Phi) is 4.88. The molecule has 0 saturated carbocycles. The van der Waals surface area contributed by atoms with Gasteiger partial charge in [0.05, 0.1) is 17.9 Å². The molecule has 0 aromatic heterocycles. The molecule has 0 radical (unpaired) electrons. The predicted molar refractivity (Wildman–Crippen MR) is 80.7 cm³/mol. The van der Waals surface area contributed by atoms with Gasteiger partial charge in [-0.25, -0.2) is 0 Å². The lowest BCUT2D eigenvalue weighted by atomic mass is 10.2. The SMILES string of the molecule is COc1ccc([N+](=O)[O-])c(Oc2cccc(Cl)c2CCl)c1. The molecule has 0 unspecified atom stereocenters. The summed E-state index contributed by atoms with van der Waals surface area (Å²) in [6.45, 7) is 0. The van der Waals surface area contributed by atoms with Crippen molar-refractivity contribution >= 4 is 28.9 Å². The highest BCUT2D eigenvalue weighted by Crippen LogP contribution is 2.37. The molecular formula is C14H11Cl2NO4. The first-order chi connectivity index (χ1) is 10.1. The highest BCUT2D eigenvalue weighted by atomic mass is 35.5. The molecule has 21 heavy (non-hydrogen) atoms. The van der Waals surface area contributed by atoms with Crippen LogP contribution in [0.2, 0.25) is 5.02 Å². The van der Waals surface area contributed by atoms with Crippen LogP contribution < -0.4 is 9.47 Å². The van der Waals surface area contributed by atoms with Crippen LogP contribution in [0.3, 0.4) is 0 Å². The molecule has 7 heteroatoms. The first-order valence-corrected chi connectivity index (χ1v) is 6.81. The number of benzene rings is 2. The highest BCUT2D eigenvalue weighted by molar-refractivity contribution is 6.32. The second-order valence-corrected chi connectivity index (χ2v) is 4.72. The van der Waals surface area contributed by atoms with Gasteiger partial charge in [-0.15, -0.1) is 11.6 Å². The molecule has 0 aliphatic heterocycles. The van der Waals surface area contributed by atoms with Crippen LogP contribution in [0, 0.1) is 10.1 Å². The van der Waals surface area contributed by atoms with E-state index < -0.39 is 4.92 Å². The summed E-state index contributed by atoms with van der Waals surface area (Å²) < 4.78 is 10.7. The van der Waals surface area contributed by atoms with E-state index >= 15 is 0 Å². The summed E-state index contributed by atoms with van der Waals surface area (Å²) in [5.41, 5.74) is 0.397. The number of nitro groups is 1. The van der Waals surface area contributed by atoms with Crippen molar-refractivity contribution in [3.8, 4) is 17.2 Å². The minimum absolute atomic E-state index is 0.0629. The normalized spacial score (nSPS) is 10.2. The Bertz CT molecular complexity index is 676. The molecule has 0 aliphatic rings.